The predicted octanol–water partition coefficient (Wildman–Crippen LogP) is 3.47. The number of nitrogens with zero attached hydrogens (tertiary/aromatic N) is 2. The molecule has 2 N–H and O–H groups in total. The topological polar surface area (TPSA) is 111 Å². The fraction of sp³-hybridized carbons (Fsp3) is 0.118. The van der Waals surface area contributed by atoms with Crippen molar-refractivity contribution in [2.75, 3.05) is 7.11 Å². The van der Waals surface area contributed by atoms with Crippen LogP contribution in [0.5, 0.6) is 11.5 Å². The molecule has 1 aliphatic rings. The summed E-state index contributed by atoms with van der Waals surface area (Å²) in [6, 6.07) is 11.3. The molecule has 0 saturated carbocycles. The Morgan fingerprint density at radius 2 is 2.04 bits per heavy atom. The lowest BCUT2D eigenvalue weighted by Gasteiger charge is -2.27. The van der Waals surface area contributed by atoms with Gasteiger partial charge in [0.1, 0.15) is 23.1 Å². The molecule has 1 atom stereocenters. The van der Waals surface area contributed by atoms with E-state index in [-0.39, 0.29) is 22.2 Å². The molecule has 1 heterocycles. The van der Waals surface area contributed by atoms with Crippen LogP contribution in [0.2, 0.25) is 5.02 Å². The molecule has 0 fully saturated rings. The average molecular weight is 358 g/mol. The van der Waals surface area contributed by atoms with Crippen molar-refractivity contribution < 1.29 is 14.4 Å². The Kier molecular flexibility index (Phi) is 4.21. The number of nitro benzene ring substituents is 1. The van der Waals surface area contributed by atoms with E-state index in [9.17, 15) is 15.4 Å². The molecule has 1 aliphatic heterocycles. The number of allylic oxidation sites excluding steroid dienone is 1. The van der Waals surface area contributed by atoms with E-state index in [1.807, 2.05) is 6.07 Å². The number of nitriles is 1. The van der Waals surface area contributed by atoms with Gasteiger partial charge in [0.05, 0.1) is 23.0 Å². The Bertz CT molecular complexity index is 949. The second-order valence-corrected chi connectivity index (χ2v) is 5.70. The number of non-ortho nitro benzene ring substituents is 1. The first-order valence-electron chi connectivity index (χ1n) is 7.15. The van der Waals surface area contributed by atoms with Crippen LogP contribution in [0.4, 0.5) is 5.69 Å². The summed E-state index contributed by atoms with van der Waals surface area (Å²) in [5.41, 5.74) is 7.15. The number of rotatable bonds is 3. The van der Waals surface area contributed by atoms with Crippen molar-refractivity contribution in [1.82, 2.24) is 0 Å². The van der Waals surface area contributed by atoms with Crippen molar-refractivity contribution in [3.63, 3.8) is 0 Å². The van der Waals surface area contributed by atoms with Crippen LogP contribution >= 0.6 is 11.6 Å². The van der Waals surface area contributed by atoms with E-state index < -0.39 is 10.8 Å². The summed E-state index contributed by atoms with van der Waals surface area (Å²) in [5, 5.41) is 20.6. The number of benzene rings is 2. The molecule has 0 unspecified atom stereocenters. The van der Waals surface area contributed by atoms with Gasteiger partial charge in [-0.3, -0.25) is 10.1 Å². The number of nitro groups is 1. The number of fused-ring (bicyclic) bond motifs is 1. The average Bonchev–Trinajstić information content (AvgIpc) is 2.60. The van der Waals surface area contributed by atoms with Gasteiger partial charge in [0, 0.05) is 23.8 Å². The SMILES string of the molecule is COc1ccc2c(c1)OC(N)=C(C#N)[C@H]2c1ccc([N+](=O)[O-])cc1Cl. The summed E-state index contributed by atoms with van der Waals surface area (Å²) >= 11 is 6.26. The van der Waals surface area contributed by atoms with Crippen LogP contribution in [0.3, 0.4) is 0 Å². The van der Waals surface area contributed by atoms with Crippen LogP contribution in [0.25, 0.3) is 0 Å². The third kappa shape index (κ3) is 2.84. The Labute approximate surface area is 148 Å². The zero-order valence-electron chi connectivity index (χ0n) is 13.0. The maximum Gasteiger partial charge on any atom is 0.270 e. The second kappa shape index (κ2) is 6.34. The normalized spacial score (nSPS) is 15.8. The zero-order chi connectivity index (χ0) is 18.1. The van der Waals surface area contributed by atoms with Crippen molar-refractivity contribution in [3.05, 3.63) is 74.1 Å². The number of halogens is 1. The summed E-state index contributed by atoms with van der Waals surface area (Å²) < 4.78 is 10.7. The van der Waals surface area contributed by atoms with Gasteiger partial charge < -0.3 is 15.2 Å². The molecule has 0 aromatic heterocycles. The Morgan fingerprint density at radius 1 is 1.32 bits per heavy atom. The van der Waals surface area contributed by atoms with Crippen LogP contribution < -0.4 is 15.2 Å². The molecule has 126 valence electrons. The lowest BCUT2D eigenvalue weighted by atomic mass is 9.83. The van der Waals surface area contributed by atoms with Gasteiger partial charge in [-0.25, -0.2) is 0 Å². The summed E-state index contributed by atoms with van der Waals surface area (Å²) in [6.45, 7) is 0. The summed E-state index contributed by atoms with van der Waals surface area (Å²) in [7, 11) is 1.52. The number of nitrogens with two attached hydrogens (primary N) is 1. The van der Waals surface area contributed by atoms with Gasteiger partial charge in [0.2, 0.25) is 5.88 Å². The third-order valence-electron chi connectivity index (χ3n) is 3.93. The van der Waals surface area contributed by atoms with E-state index in [1.54, 1.807) is 18.2 Å². The first-order chi connectivity index (χ1) is 12.0. The van der Waals surface area contributed by atoms with Crippen molar-refractivity contribution >= 4 is 17.3 Å². The minimum atomic E-state index is -0.590. The molecule has 0 amide bonds. The highest BCUT2D eigenvalue weighted by atomic mass is 35.5. The standard InChI is InChI=1S/C17H12ClN3O4/c1-24-10-3-5-12-15(7-10)25-17(20)13(8-19)16(12)11-4-2-9(21(22)23)6-14(11)18/h2-7,16H,20H2,1H3/t16-/m0/s1. The van der Waals surface area contributed by atoms with Crippen molar-refractivity contribution in [2.45, 2.75) is 5.92 Å². The van der Waals surface area contributed by atoms with E-state index >= 15 is 0 Å². The van der Waals surface area contributed by atoms with Crippen molar-refractivity contribution in [2.24, 2.45) is 5.73 Å². The van der Waals surface area contributed by atoms with Crippen molar-refractivity contribution in [1.29, 1.82) is 5.26 Å². The summed E-state index contributed by atoms with van der Waals surface area (Å²) in [4.78, 5) is 10.4. The zero-order valence-corrected chi connectivity index (χ0v) is 13.8. The minimum absolute atomic E-state index is 0.0392. The molecule has 0 spiro atoms. The molecule has 25 heavy (non-hydrogen) atoms. The number of hydrogen-bond acceptors (Lipinski definition) is 6. The van der Waals surface area contributed by atoms with E-state index in [4.69, 9.17) is 26.8 Å². The number of ether oxygens (including phenoxy) is 2. The Balaban J connectivity index is 2.20. The molecule has 3 rings (SSSR count). The van der Waals surface area contributed by atoms with Crippen molar-refractivity contribution in [3.8, 4) is 17.6 Å². The van der Waals surface area contributed by atoms with E-state index in [0.717, 1.165) is 0 Å². The van der Waals surface area contributed by atoms with Crippen LogP contribution in [0.15, 0.2) is 47.9 Å². The predicted molar refractivity (Wildman–Crippen MR) is 90.4 cm³/mol. The van der Waals surface area contributed by atoms with Gasteiger partial charge in [0.15, 0.2) is 0 Å². The van der Waals surface area contributed by atoms with Crippen LogP contribution in [0.1, 0.15) is 17.0 Å². The molecule has 0 saturated heterocycles. The molecular weight excluding hydrogens is 346 g/mol. The quantitative estimate of drug-likeness (QED) is 0.664. The highest BCUT2D eigenvalue weighted by Crippen LogP contribution is 2.45. The third-order valence-corrected chi connectivity index (χ3v) is 4.26. The summed E-state index contributed by atoms with van der Waals surface area (Å²) in [5.74, 6) is 0.381. The molecule has 0 bridgehead atoms. The maximum atomic E-state index is 10.9. The highest BCUT2D eigenvalue weighted by Gasteiger charge is 2.32. The Hall–Kier alpha value is -3.24. The fourth-order valence-corrected chi connectivity index (χ4v) is 3.03. The van der Waals surface area contributed by atoms with Gasteiger partial charge in [-0.2, -0.15) is 5.26 Å². The largest absolute Gasteiger partial charge is 0.497 e. The molecular formula is C17H12ClN3O4. The first-order valence-corrected chi connectivity index (χ1v) is 7.53. The van der Waals surface area contributed by atoms with Gasteiger partial charge in [-0.1, -0.05) is 17.7 Å². The molecule has 0 aliphatic carbocycles. The van der Waals surface area contributed by atoms with Crippen LogP contribution in [-0.2, 0) is 0 Å². The first kappa shape index (κ1) is 16.6. The maximum absolute atomic E-state index is 10.9. The smallest absolute Gasteiger partial charge is 0.270 e. The minimum Gasteiger partial charge on any atom is -0.497 e. The van der Waals surface area contributed by atoms with Gasteiger partial charge in [0.25, 0.3) is 5.69 Å². The summed E-state index contributed by atoms with van der Waals surface area (Å²) in [6.07, 6.45) is 0. The van der Waals surface area contributed by atoms with Crippen LogP contribution in [0, 0.1) is 21.4 Å². The van der Waals surface area contributed by atoms with Crippen LogP contribution in [-0.4, -0.2) is 12.0 Å². The molecule has 0 radical (unpaired) electrons. The Morgan fingerprint density at radius 3 is 2.64 bits per heavy atom. The van der Waals surface area contributed by atoms with E-state index in [1.165, 1.54) is 25.3 Å². The van der Waals surface area contributed by atoms with E-state index in [0.29, 0.717) is 22.6 Å². The fourth-order valence-electron chi connectivity index (χ4n) is 2.75. The highest BCUT2D eigenvalue weighted by molar-refractivity contribution is 6.31. The number of methoxy groups -OCH3 is 1. The molecule has 8 heteroatoms. The molecule has 2 aromatic carbocycles. The molecule has 7 nitrogen and oxygen atoms in total. The monoisotopic (exact) mass is 357 g/mol. The van der Waals surface area contributed by atoms with Gasteiger partial charge >= 0.3 is 0 Å². The molecule has 2 aromatic rings. The number of hydrogen-bond donors (Lipinski definition) is 1. The van der Waals surface area contributed by atoms with Gasteiger partial charge in [-0.05, 0) is 17.7 Å². The lowest BCUT2D eigenvalue weighted by Crippen LogP contribution is -2.21. The van der Waals surface area contributed by atoms with E-state index in [2.05, 4.69) is 0 Å². The van der Waals surface area contributed by atoms with Gasteiger partial charge in [-0.15, -0.1) is 0 Å². The second-order valence-electron chi connectivity index (χ2n) is 5.29. The lowest BCUT2D eigenvalue weighted by molar-refractivity contribution is -0.384.